The average molecular weight is 229 g/mol. The van der Waals surface area contributed by atoms with Crippen molar-refractivity contribution in [2.75, 3.05) is 13.7 Å². The summed E-state index contributed by atoms with van der Waals surface area (Å²) in [6, 6.07) is 0.512. The minimum atomic E-state index is -0.842. The van der Waals surface area contributed by atoms with Gasteiger partial charge in [0.15, 0.2) is 6.10 Å². The molecule has 0 aromatic rings. The number of nitrogens with one attached hydrogen (secondary N) is 1. The molecule has 5 nitrogen and oxygen atoms in total. The second-order valence-electron chi connectivity index (χ2n) is 4.60. The van der Waals surface area contributed by atoms with Crippen molar-refractivity contribution in [1.29, 1.82) is 0 Å². The topological polar surface area (TPSA) is 67.8 Å². The minimum Gasteiger partial charge on any atom is -0.479 e. The molecule has 1 saturated heterocycles. The standard InChI is InChI=1S/C11H19NO4/c1-15-9-4-7(5-9)12-6-8-2-3-10(16-8)11(13)14/h7-10,12H,2-6H2,1H3,(H,13,14). The Bertz CT molecular complexity index is 252. The molecule has 1 aliphatic heterocycles. The summed E-state index contributed by atoms with van der Waals surface area (Å²) in [5.41, 5.74) is 0. The van der Waals surface area contributed by atoms with Gasteiger partial charge in [-0.05, 0) is 25.7 Å². The summed E-state index contributed by atoms with van der Waals surface area (Å²) in [7, 11) is 1.73. The Labute approximate surface area is 95.1 Å². The first-order chi connectivity index (χ1) is 7.69. The van der Waals surface area contributed by atoms with Crippen molar-refractivity contribution >= 4 is 5.97 Å². The Morgan fingerprint density at radius 1 is 1.50 bits per heavy atom. The molecule has 0 amide bonds. The van der Waals surface area contributed by atoms with E-state index in [-0.39, 0.29) is 6.10 Å². The van der Waals surface area contributed by atoms with E-state index in [1.807, 2.05) is 0 Å². The van der Waals surface area contributed by atoms with Crippen molar-refractivity contribution in [3.8, 4) is 0 Å². The summed E-state index contributed by atoms with van der Waals surface area (Å²) in [6.45, 7) is 0.755. The van der Waals surface area contributed by atoms with E-state index in [4.69, 9.17) is 14.6 Å². The van der Waals surface area contributed by atoms with Crippen molar-refractivity contribution in [2.24, 2.45) is 0 Å². The maximum Gasteiger partial charge on any atom is 0.332 e. The van der Waals surface area contributed by atoms with Crippen LogP contribution in [0.5, 0.6) is 0 Å². The number of carbonyl (C=O) groups is 1. The van der Waals surface area contributed by atoms with Crippen LogP contribution >= 0.6 is 0 Å². The molecule has 1 aliphatic carbocycles. The first kappa shape index (κ1) is 11.8. The van der Waals surface area contributed by atoms with Gasteiger partial charge in [0.2, 0.25) is 0 Å². The number of carboxylic acids is 1. The molecule has 0 aromatic heterocycles. The Balaban J connectivity index is 1.60. The van der Waals surface area contributed by atoms with Crippen LogP contribution in [0.3, 0.4) is 0 Å². The zero-order chi connectivity index (χ0) is 11.5. The summed E-state index contributed by atoms with van der Waals surface area (Å²) in [5.74, 6) is -0.842. The van der Waals surface area contributed by atoms with E-state index in [1.54, 1.807) is 7.11 Å². The van der Waals surface area contributed by atoms with E-state index in [1.165, 1.54) is 0 Å². The largest absolute Gasteiger partial charge is 0.479 e. The third kappa shape index (κ3) is 2.72. The lowest BCUT2D eigenvalue weighted by Gasteiger charge is -2.35. The van der Waals surface area contributed by atoms with Crippen LogP contribution < -0.4 is 5.32 Å². The molecule has 2 fully saturated rings. The predicted octanol–water partition coefficient (Wildman–Crippen LogP) is 0.386. The van der Waals surface area contributed by atoms with Crippen molar-refractivity contribution in [3.63, 3.8) is 0 Å². The predicted molar refractivity (Wildman–Crippen MR) is 57.4 cm³/mol. The molecule has 5 heteroatoms. The fourth-order valence-corrected chi connectivity index (χ4v) is 2.26. The summed E-state index contributed by atoms with van der Waals surface area (Å²) in [5, 5.41) is 12.2. The van der Waals surface area contributed by atoms with Gasteiger partial charge in [-0.3, -0.25) is 0 Å². The number of aliphatic carboxylic acids is 1. The van der Waals surface area contributed by atoms with Crippen LogP contribution in [0.1, 0.15) is 25.7 Å². The van der Waals surface area contributed by atoms with Crippen LogP contribution in [-0.2, 0) is 14.3 Å². The molecule has 0 radical (unpaired) electrons. The highest BCUT2D eigenvalue weighted by Gasteiger charge is 2.33. The van der Waals surface area contributed by atoms with E-state index in [2.05, 4.69) is 5.32 Å². The Hall–Kier alpha value is -0.650. The van der Waals surface area contributed by atoms with Crippen LogP contribution in [0.15, 0.2) is 0 Å². The lowest BCUT2D eigenvalue weighted by Crippen LogP contribution is -2.47. The third-order valence-corrected chi connectivity index (χ3v) is 3.45. The number of hydrogen-bond acceptors (Lipinski definition) is 4. The number of ether oxygens (including phenoxy) is 2. The molecular formula is C11H19NO4. The van der Waals surface area contributed by atoms with Gasteiger partial charge in [0.25, 0.3) is 0 Å². The molecule has 1 heterocycles. The maximum absolute atomic E-state index is 10.7. The van der Waals surface area contributed by atoms with Crippen molar-refractivity contribution in [1.82, 2.24) is 5.32 Å². The SMILES string of the molecule is COC1CC(NCC2CCC(C(=O)O)O2)C1. The Kier molecular flexibility index (Phi) is 3.78. The first-order valence-electron chi connectivity index (χ1n) is 5.83. The van der Waals surface area contributed by atoms with Crippen LogP contribution in [0.4, 0.5) is 0 Å². The third-order valence-electron chi connectivity index (χ3n) is 3.45. The van der Waals surface area contributed by atoms with Gasteiger partial charge in [0, 0.05) is 19.7 Å². The lowest BCUT2D eigenvalue weighted by molar-refractivity contribution is -0.149. The minimum absolute atomic E-state index is 0.0581. The number of methoxy groups -OCH3 is 1. The normalized spacial score (nSPS) is 38.3. The quantitative estimate of drug-likeness (QED) is 0.713. The van der Waals surface area contributed by atoms with Crippen molar-refractivity contribution < 1.29 is 19.4 Å². The van der Waals surface area contributed by atoms with Crippen LogP contribution in [-0.4, -0.2) is 49.1 Å². The molecule has 2 unspecified atom stereocenters. The van der Waals surface area contributed by atoms with E-state index >= 15 is 0 Å². The van der Waals surface area contributed by atoms with Gasteiger partial charge in [-0.25, -0.2) is 4.79 Å². The zero-order valence-electron chi connectivity index (χ0n) is 9.52. The molecule has 16 heavy (non-hydrogen) atoms. The highest BCUT2D eigenvalue weighted by molar-refractivity contribution is 5.72. The molecule has 92 valence electrons. The van der Waals surface area contributed by atoms with Gasteiger partial charge in [0.05, 0.1) is 12.2 Å². The van der Waals surface area contributed by atoms with Gasteiger partial charge in [-0.15, -0.1) is 0 Å². The smallest absolute Gasteiger partial charge is 0.332 e. The monoisotopic (exact) mass is 229 g/mol. The van der Waals surface area contributed by atoms with E-state index in [0.717, 1.165) is 25.8 Å². The maximum atomic E-state index is 10.7. The molecular weight excluding hydrogens is 210 g/mol. The number of rotatable bonds is 5. The Morgan fingerprint density at radius 2 is 2.25 bits per heavy atom. The van der Waals surface area contributed by atoms with Gasteiger partial charge in [0.1, 0.15) is 0 Å². The molecule has 2 rings (SSSR count). The van der Waals surface area contributed by atoms with Gasteiger partial charge >= 0.3 is 5.97 Å². The fraction of sp³-hybridized carbons (Fsp3) is 0.909. The fourth-order valence-electron chi connectivity index (χ4n) is 2.26. The molecule has 2 N–H and O–H groups in total. The number of carboxylic acid groups (broad SMARTS) is 1. The molecule has 0 bridgehead atoms. The second-order valence-corrected chi connectivity index (χ2v) is 4.60. The van der Waals surface area contributed by atoms with E-state index in [9.17, 15) is 4.79 Å². The molecule has 2 aliphatic rings. The highest BCUT2D eigenvalue weighted by atomic mass is 16.5. The van der Waals surface area contributed by atoms with E-state index < -0.39 is 12.1 Å². The first-order valence-corrected chi connectivity index (χ1v) is 5.83. The molecule has 0 aromatic carbocycles. The zero-order valence-corrected chi connectivity index (χ0v) is 9.52. The van der Waals surface area contributed by atoms with Gasteiger partial charge in [-0.2, -0.15) is 0 Å². The highest BCUT2D eigenvalue weighted by Crippen LogP contribution is 2.24. The molecule has 2 atom stereocenters. The summed E-state index contributed by atoms with van der Waals surface area (Å²) >= 11 is 0. The summed E-state index contributed by atoms with van der Waals surface area (Å²) < 4.78 is 10.6. The van der Waals surface area contributed by atoms with Crippen LogP contribution in [0.2, 0.25) is 0 Å². The van der Waals surface area contributed by atoms with Crippen molar-refractivity contribution in [2.45, 2.75) is 50.0 Å². The molecule has 1 saturated carbocycles. The van der Waals surface area contributed by atoms with Gasteiger partial charge in [-0.1, -0.05) is 0 Å². The van der Waals surface area contributed by atoms with E-state index in [0.29, 0.717) is 18.6 Å². The number of hydrogen-bond donors (Lipinski definition) is 2. The summed E-state index contributed by atoms with van der Waals surface area (Å²) in [6.07, 6.45) is 3.42. The molecule has 0 spiro atoms. The van der Waals surface area contributed by atoms with Crippen molar-refractivity contribution in [3.05, 3.63) is 0 Å². The van der Waals surface area contributed by atoms with Crippen LogP contribution in [0.25, 0.3) is 0 Å². The van der Waals surface area contributed by atoms with Gasteiger partial charge < -0.3 is 19.9 Å². The second kappa shape index (κ2) is 5.12. The Morgan fingerprint density at radius 3 is 2.81 bits per heavy atom. The average Bonchev–Trinajstić information content (AvgIpc) is 2.64. The summed E-state index contributed by atoms with van der Waals surface area (Å²) in [4.78, 5) is 10.7. The van der Waals surface area contributed by atoms with Crippen LogP contribution in [0, 0.1) is 0 Å². The lowest BCUT2D eigenvalue weighted by atomic mass is 9.89.